The van der Waals surface area contributed by atoms with Gasteiger partial charge in [-0.25, -0.2) is 8.42 Å². The molecule has 1 aliphatic rings. The Bertz CT molecular complexity index is 350. The Kier molecular flexibility index (Phi) is 5.39. The Morgan fingerprint density at radius 3 is 2.53 bits per heavy atom. The number of nitrogens with zero attached hydrogens (tertiary/aromatic N) is 1. The second kappa shape index (κ2) is 6.35. The minimum absolute atomic E-state index is 0.120. The molecule has 0 bridgehead atoms. The molecule has 100 valence electrons. The Labute approximate surface area is 103 Å². The molecule has 1 N–H and O–H groups in total. The lowest BCUT2D eigenvalue weighted by molar-refractivity contribution is -0.130. The van der Waals surface area contributed by atoms with Gasteiger partial charge >= 0.3 is 0 Å². The molecule has 1 amide bonds. The van der Waals surface area contributed by atoms with Gasteiger partial charge in [0.25, 0.3) is 0 Å². The fourth-order valence-electron chi connectivity index (χ4n) is 1.78. The second-order valence-corrected chi connectivity index (χ2v) is 6.83. The fourth-order valence-corrected chi connectivity index (χ4v) is 2.45. The number of carbonyl (C=O) groups is 1. The van der Waals surface area contributed by atoms with Crippen LogP contribution < -0.4 is 5.32 Å². The lowest BCUT2D eigenvalue weighted by Gasteiger charge is -2.20. The van der Waals surface area contributed by atoms with Crippen LogP contribution >= 0.6 is 0 Å². The zero-order chi connectivity index (χ0) is 12.9. The zero-order valence-corrected chi connectivity index (χ0v) is 11.4. The summed E-state index contributed by atoms with van der Waals surface area (Å²) in [5, 5.41) is 3.00. The highest BCUT2D eigenvalue weighted by molar-refractivity contribution is 7.90. The number of carbonyl (C=O) groups excluding carboxylic acids is 1. The quantitative estimate of drug-likeness (QED) is 0.626. The van der Waals surface area contributed by atoms with E-state index in [1.807, 2.05) is 11.8 Å². The molecule has 0 aromatic heterocycles. The number of amides is 1. The molecule has 0 atom stereocenters. The van der Waals surface area contributed by atoms with Crippen LogP contribution in [0.15, 0.2) is 0 Å². The van der Waals surface area contributed by atoms with Crippen molar-refractivity contribution in [3.63, 3.8) is 0 Å². The Morgan fingerprint density at radius 1 is 1.41 bits per heavy atom. The third-order valence-electron chi connectivity index (χ3n) is 2.79. The largest absolute Gasteiger partial charge is 0.339 e. The van der Waals surface area contributed by atoms with Crippen LogP contribution in [0.5, 0.6) is 0 Å². The van der Waals surface area contributed by atoms with Gasteiger partial charge in [-0.05, 0) is 32.7 Å². The van der Waals surface area contributed by atoms with Gasteiger partial charge in [0.2, 0.25) is 5.91 Å². The lowest BCUT2D eigenvalue weighted by Crippen LogP contribution is -2.39. The van der Waals surface area contributed by atoms with Crippen molar-refractivity contribution >= 4 is 15.7 Å². The number of likely N-dealkylation sites (N-methyl/N-ethyl adjacent to an activating group) is 1. The summed E-state index contributed by atoms with van der Waals surface area (Å²) in [5.74, 6) is 0.295. The molecule has 1 aliphatic carbocycles. The summed E-state index contributed by atoms with van der Waals surface area (Å²) < 4.78 is 21.8. The van der Waals surface area contributed by atoms with Crippen LogP contribution in [0.2, 0.25) is 0 Å². The van der Waals surface area contributed by atoms with E-state index in [1.165, 1.54) is 6.26 Å². The molecule has 0 radical (unpaired) electrons. The first-order valence-corrected chi connectivity index (χ1v) is 8.18. The molecule has 0 saturated heterocycles. The van der Waals surface area contributed by atoms with Gasteiger partial charge in [0.05, 0.1) is 12.3 Å². The minimum atomic E-state index is -2.88. The smallest absolute Gasteiger partial charge is 0.236 e. The van der Waals surface area contributed by atoms with E-state index in [9.17, 15) is 13.2 Å². The highest BCUT2D eigenvalue weighted by Crippen LogP contribution is 2.26. The van der Waals surface area contributed by atoms with Crippen LogP contribution in [0, 0.1) is 0 Å². The molecular formula is C11H22N2O3S. The first-order valence-electron chi connectivity index (χ1n) is 6.12. The lowest BCUT2D eigenvalue weighted by atomic mass is 10.4. The molecular weight excluding hydrogens is 240 g/mol. The number of hydrogen-bond acceptors (Lipinski definition) is 4. The summed E-state index contributed by atoms with van der Waals surface area (Å²) in [6.07, 6.45) is 4.02. The summed E-state index contributed by atoms with van der Waals surface area (Å²) in [6.45, 7) is 3.63. The fraction of sp³-hybridized carbons (Fsp3) is 0.909. The van der Waals surface area contributed by atoms with Crippen LogP contribution in [-0.2, 0) is 14.6 Å². The first kappa shape index (κ1) is 14.4. The molecule has 0 aromatic carbocycles. The standard InChI is InChI=1S/C11H22N2O3S/c1-3-13(10-5-6-10)11(14)9-12-7-4-8-17(2,15)16/h10,12H,3-9H2,1-2H3. The molecule has 17 heavy (non-hydrogen) atoms. The van der Waals surface area contributed by atoms with Gasteiger partial charge < -0.3 is 10.2 Å². The Hall–Kier alpha value is -0.620. The highest BCUT2D eigenvalue weighted by Gasteiger charge is 2.30. The van der Waals surface area contributed by atoms with Crippen LogP contribution in [0.3, 0.4) is 0 Å². The number of sulfone groups is 1. The summed E-state index contributed by atoms with van der Waals surface area (Å²) in [7, 11) is -2.88. The van der Waals surface area contributed by atoms with Gasteiger partial charge in [0, 0.05) is 18.8 Å². The zero-order valence-electron chi connectivity index (χ0n) is 10.6. The van der Waals surface area contributed by atoms with Gasteiger partial charge in [0.1, 0.15) is 9.84 Å². The van der Waals surface area contributed by atoms with Crippen molar-refractivity contribution in [1.82, 2.24) is 10.2 Å². The molecule has 0 unspecified atom stereocenters. The van der Waals surface area contributed by atoms with Gasteiger partial charge in [-0.3, -0.25) is 4.79 Å². The third kappa shape index (κ3) is 6.02. The van der Waals surface area contributed by atoms with Crippen molar-refractivity contribution in [2.75, 3.05) is 31.6 Å². The van der Waals surface area contributed by atoms with E-state index in [2.05, 4.69) is 5.32 Å². The number of nitrogens with one attached hydrogen (secondary N) is 1. The topological polar surface area (TPSA) is 66.5 Å². The van der Waals surface area contributed by atoms with Crippen molar-refractivity contribution in [2.45, 2.75) is 32.2 Å². The van der Waals surface area contributed by atoms with Crippen molar-refractivity contribution in [3.8, 4) is 0 Å². The van der Waals surface area contributed by atoms with E-state index >= 15 is 0 Å². The van der Waals surface area contributed by atoms with E-state index < -0.39 is 9.84 Å². The Morgan fingerprint density at radius 2 is 2.06 bits per heavy atom. The molecule has 1 rings (SSSR count). The number of rotatable bonds is 8. The van der Waals surface area contributed by atoms with Crippen molar-refractivity contribution in [3.05, 3.63) is 0 Å². The average molecular weight is 262 g/mol. The van der Waals surface area contributed by atoms with Crippen LogP contribution in [0.25, 0.3) is 0 Å². The van der Waals surface area contributed by atoms with Crippen molar-refractivity contribution < 1.29 is 13.2 Å². The summed E-state index contributed by atoms with van der Waals surface area (Å²) in [5.41, 5.74) is 0. The van der Waals surface area contributed by atoms with Crippen LogP contribution in [0.4, 0.5) is 0 Å². The van der Waals surface area contributed by atoms with E-state index in [0.29, 0.717) is 25.6 Å². The molecule has 1 saturated carbocycles. The van der Waals surface area contributed by atoms with Gasteiger partial charge in [-0.15, -0.1) is 0 Å². The normalized spacial score (nSPS) is 15.9. The number of hydrogen-bond donors (Lipinski definition) is 1. The molecule has 0 aliphatic heterocycles. The molecule has 1 fully saturated rings. The second-order valence-electron chi connectivity index (χ2n) is 4.57. The van der Waals surface area contributed by atoms with E-state index in [1.54, 1.807) is 0 Å². The van der Waals surface area contributed by atoms with Gasteiger partial charge in [-0.1, -0.05) is 0 Å². The maximum atomic E-state index is 11.8. The van der Waals surface area contributed by atoms with E-state index in [4.69, 9.17) is 0 Å². The summed E-state index contributed by atoms with van der Waals surface area (Å²) in [6, 6.07) is 0.449. The molecule has 0 aromatic rings. The SMILES string of the molecule is CCN(C(=O)CNCCCS(C)(=O)=O)C1CC1. The summed E-state index contributed by atoms with van der Waals surface area (Å²) in [4.78, 5) is 13.7. The molecule has 0 heterocycles. The monoisotopic (exact) mass is 262 g/mol. The van der Waals surface area contributed by atoms with Gasteiger partial charge in [0.15, 0.2) is 0 Å². The van der Waals surface area contributed by atoms with Crippen LogP contribution in [-0.4, -0.2) is 56.9 Å². The average Bonchev–Trinajstić information content (AvgIpc) is 3.01. The van der Waals surface area contributed by atoms with Crippen molar-refractivity contribution in [1.29, 1.82) is 0 Å². The van der Waals surface area contributed by atoms with E-state index in [-0.39, 0.29) is 11.7 Å². The molecule has 0 spiro atoms. The first-order chi connectivity index (χ1) is 7.94. The molecule has 6 heteroatoms. The van der Waals surface area contributed by atoms with Crippen molar-refractivity contribution in [2.24, 2.45) is 0 Å². The van der Waals surface area contributed by atoms with Crippen LogP contribution in [0.1, 0.15) is 26.2 Å². The van der Waals surface area contributed by atoms with E-state index in [0.717, 1.165) is 19.4 Å². The Balaban J connectivity index is 2.11. The highest BCUT2D eigenvalue weighted by atomic mass is 32.2. The summed E-state index contributed by atoms with van der Waals surface area (Å²) >= 11 is 0. The molecule has 5 nitrogen and oxygen atoms in total. The maximum Gasteiger partial charge on any atom is 0.236 e. The minimum Gasteiger partial charge on any atom is -0.339 e. The predicted octanol–water partition coefficient (Wildman–Crippen LogP) is 0.0216. The van der Waals surface area contributed by atoms with Gasteiger partial charge in [-0.2, -0.15) is 0 Å². The predicted molar refractivity (Wildman–Crippen MR) is 67.6 cm³/mol. The maximum absolute atomic E-state index is 11.8. The third-order valence-corrected chi connectivity index (χ3v) is 3.82.